The highest BCUT2D eigenvalue weighted by atomic mass is 19.1. The lowest BCUT2D eigenvalue weighted by Crippen LogP contribution is -2.43. The Balaban J connectivity index is 2.00. The number of hydrogen-bond acceptors (Lipinski definition) is 4. The van der Waals surface area contributed by atoms with Crippen molar-refractivity contribution >= 4 is 17.3 Å². The van der Waals surface area contributed by atoms with Crippen molar-refractivity contribution in [3.8, 4) is 6.07 Å². The molecule has 0 aliphatic heterocycles. The smallest absolute Gasteiger partial charge is 0.241 e. The zero-order valence-electron chi connectivity index (χ0n) is 12.0. The number of amides is 1. The third-order valence-corrected chi connectivity index (χ3v) is 3.64. The van der Waals surface area contributed by atoms with Gasteiger partial charge in [-0.05, 0) is 38.0 Å². The van der Waals surface area contributed by atoms with Gasteiger partial charge >= 0.3 is 0 Å². The van der Waals surface area contributed by atoms with Crippen molar-refractivity contribution in [3.05, 3.63) is 24.0 Å². The number of nitrogens with zero attached hydrogens (tertiary/aromatic N) is 2. The molecule has 0 aromatic heterocycles. The number of anilines is 2. The third-order valence-electron chi connectivity index (χ3n) is 3.64. The molecule has 1 saturated carbocycles. The Hall–Kier alpha value is -2.13. The molecule has 1 fully saturated rings. The maximum Gasteiger partial charge on any atom is 0.241 e. The molecule has 0 heterocycles. The summed E-state index contributed by atoms with van der Waals surface area (Å²) < 4.78 is 13.1. The second kappa shape index (κ2) is 6.55. The van der Waals surface area contributed by atoms with Crippen LogP contribution in [0.2, 0.25) is 0 Å². The molecule has 5 nitrogen and oxygen atoms in total. The number of nitrogens with one attached hydrogen (secondary N) is 1. The molecule has 1 aromatic rings. The van der Waals surface area contributed by atoms with Crippen molar-refractivity contribution in [2.24, 2.45) is 0 Å². The van der Waals surface area contributed by atoms with Gasteiger partial charge in [-0.1, -0.05) is 0 Å². The summed E-state index contributed by atoms with van der Waals surface area (Å²) in [6.45, 7) is 2.40. The lowest BCUT2D eigenvalue weighted by atomic mass is 10.2. The third kappa shape index (κ3) is 3.92. The van der Waals surface area contributed by atoms with Crippen LogP contribution in [0.5, 0.6) is 0 Å². The van der Waals surface area contributed by atoms with Crippen LogP contribution in [0.1, 0.15) is 26.2 Å². The Kier molecular flexibility index (Phi) is 4.76. The molecule has 3 N–H and O–H groups in total. The van der Waals surface area contributed by atoms with Gasteiger partial charge in [-0.25, -0.2) is 4.39 Å². The zero-order valence-corrected chi connectivity index (χ0v) is 12.0. The monoisotopic (exact) mass is 290 g/mol. The molecule has 1 aliphatic rings. The highest BCUT2D eigenvalue weighted by Crippen LogP contribution is 2.29. The number of benzene rings is 1. The molecule has 21 heavy (non-hydrogen) atoms. The Bertz CT molecular complexity index is 565. The van der Waals surface area contributed by atoms with Crippen LogP contribution < -0.4 is 11.1 Å². The van der Waals surface area contributed by atoms with Gasteiger partial charge in [-0.3, -0.25) is 9.69 Å². The molecule has 0 radical (unpaired) electrons. The van der Waals surface area contributed by atoms with Crippen molar-refractivity contribution in [2.75, 3.05) is 17.6 Å². The van der Waals surface area contributed by atoms with Crippen molar-refractivity contribution in [2.45, 2.75) is 38.3 Å². The van der Waals surface area contributed by atoms with E-state index in [9.17, 15) is 9.18 Å². The number of carbonyl (C=O) groups is 1. The van der Waals surface area contributed by atoms with E-state index in [0.717, 1.165) is 12.8 Å². The van der Waals surface area contributed by atoms with E-state index in [-0.39, 0.29) is 17.6 Å². The number of rotatable bonds is 6. The summed E-state index contributed by atoms with van der Waals surface area (Å²) in [5.74, 6) is -0.680. The van der Waals surface area contributed by atoms with Crippen molar-refractivity contribution in [1.82, 2.24) is 4.90 Å². The van der Waals surface area contributed by atoms with Gasteiger partial charge < -0.3 is 11.1 Å². The van der Waals surface area contributed by atoms with Gasteiger partial charge in [0.25, 0.3) is 0 Å². The SMILES string of the molecule is CC(C(=O)Nc1ccc(F)c(N)c1)N(CCC#N)C1CC1. The van der Waals surface area contributed by atoms with Crippen LogP contribution in [0.3, 0.4) is 0 Å². The second-order valence-corrected chi connectivity index (χ2v) is 5.28. The number of nitriles is 1. The highest BCUT2D eigenvalue weighted by molar-refractivity contribution is 5.95. The average molecular weight is 290 g/mol. The first-order chi connectivity index (χ1) is 10.0. The van der Waals surface area contributed by atoms with E-state index >= 15 is 0 Å². The van der Waals surface area contributed by atoms with E-state index in [4.69, 9.17) is 11.0 Å². The number of halogens is 1. The van der Waals surface area contributed by atoms with Crippen LogP contribution in [0.15, 0.2) is 18.2 Å². The Morgan fingerprint density at radius 1 is 1.62 bits per heavy atom. The van der Waals surface area contributed by atoms with E-state index in [2.05, 4.69) is 11.4 Å². The second-order valence-electron chi connectivity index (χ2n) is 5.28. The average Bonchev–Trinajstić information content (AvgIpc) is 3.27. The predicted octanol–water partition coefficient (Wildman–Crippen LogP) is 2.11. The molecule has 1 unspecified atom stereocenters. The predicted molar refractivity (Wildman–Crippen MR) is 78.9 cm³/mol. The van der Waals surface area contributed by atoms with Gasteiger partial charge in [0.15, 0.2) is 0 Å². The molecule has 1 aliphatic carbocycles. The van der Waals surface area contributed by atoms with Crippen LogP contribution in [-0.4, -0.2) is 29.4 Å². The highest BCUT2D eigenvalue weighted by Gasteiger charge is 2.34. The minimum Gasteiger partial charge on any atom is -0.396 e. The van der Waals surface area contributed by atoms with Crippen molar-refractivity contribution < 1.29 is 9.18 Å². The van der Waals surface area contributed by atoms with E-state index in [1.165, 1.54) is 18.2 Å². The molecule has 1 amide bonds. The maximum absolute atomic E-state index is 13.1. The molecule has 6 heteroatoms. The number of hydrogen-bond donors (Lipinski definition) is 2. The topological polar surface area (TPSA) is 82.2 Å². The minimum absolute atomic E-state index is 0.00369. The number of nitrogen functional groups attached to an aromatic ring is 1. The quantitative estimate of drug-likeness (QED) is 0.786. The molecular formula is C15H19FN4O. The zero-order chi connectivity index (χ0) is 15.4. The first kappa shape index (κ1) is 15.3. The summed E-state index contributed by atoms with van der Waals surface area (Å²) in [4.78, 5) is 14.3. The summed E-state index contributed by atoms with van der Waals surface area (Å²) in [6, 6.07) is 6.26. The fraction of sp³-hybridized carbons (Fsp3) is 0.467. The lowest BCUT2D eigenvalue weighted by Gasteiger charge is -2.27. The molecule has 112 valence electrons. The van der Waals surface area contributed by atoms with Gasteiger partial charge in [0.1, 0.15) is 5.82 Å². The van der Waals surface area contributed by atoms with Crippen LogP contribution in [0.25, 0.3) is 0 Å². The summed E-state index contributed by atoms with van der Waals surface area (Å²) in [5.41, 5.74) is 5.96. The van der Waals surface area contributed by atoms with Crippen LogP contribution >= 0.6 is 0 Å². The molecule has 0 saturated heterocycles. The van der Waals surface area contributed by atoms with E-state index in [0.29, 0.717) is 24.7 Å². The van der Waals surface area contributed by atoms with Gasteiger partial charge in [-0.15, -0.1) is 0 Å². The van der Waals surface area contributed by atoms with Gasteiger partial charge in [0, 0.05) is 24.7 Å². The van der Waals surface area contributed by atoms with Crippen molar-refractivity contribution in [1.29, 1.82) is 5.26 Å². The van der Waals surface area contributed by atoms with E-state index in [1.807, 2.05) is 11.8 Å². The normalized spacial score (nSPS) is 15.5. The lowest BCUT2D eigenvalue weighted by molar-refractivity contribution is -0.121. The summed E-state index contributed by atoms with van der Waals surface area (Å²) in [5, 5.41) is 11.4. The largest absolute Gasteiger partial charge is 0.396 e. The Morgan fingerprint density at radius 3 is 2.90 bits per heavy atom. The molecular weight excluding hydrogens is 271 g/mol. The van der Waals surface area contributed by atoms with E-state index < -0.39 is 5.82 Å². The molecule has 0 spiro atoms. The Labute approximate surface area is 123 Å². The fourth-order valence-electron chi connectivity index (χ4n) is 2.30. The fourth-order valence-corrected chi connectivity index (χ4v) is 2.30. The molecule has 1 aromatic carbocycles. The number of nitrogens with two attached hydrogens (primary N) is 1. The van der Waals surface area contributed by atoms with Gasteiger partial charge in [0.2, 0.25) is 5.91 Å². The van der Waals surface area contributed by atoms with Crippen molar-refractivity contribution in [3.63, 3.8) is 0 Å². The summed E-state index contributed by atoms with van der Waals surface area (Å²) >= 11 is 0. The van der Waals surface area contributed by atoms with Gasteiger partial charge in [-0.2, -0.15) is 5.26 Å². The van der Waals surface area contributed by atoms with Gasteiger partial charge in [0.05, 0.1) is 17.8 Å². The van der Waals surface area contributed by atoms with Crippen LogP contribution in [0, 0.1) is 17.1 Å². The first-order valence-corrected chi connectivity index (χ1v) is 7.01. The number of carbonyl (C=O) groups excluding carboxylic acids is 1. The maximum atomic E-state index is 13.1. The summed E-state index contributed by atoms with van der Waals surface area (Å²) in [7, 11) is 0. The van der Waals surface area contributed by atoms with E-state index in [1.54, 1.807) is 0 Å². The standard InChI is InChI=1S/C15H19FN4O/c1-10(20(8-2-7-17)12-4-5-12)15(21)19-11-3-6-13(16)14(18)9-11/h3,6,9-10,12H,2,4-5,8,18H2,1H3,(H,19,21). The molecule has 0 bridgehead atoms. The van der Waals surface area contributed by atoms with Crippen LogP contribution in [-0.2, 0) is 4.79 Å². The van der Waals surface area contributed by atoms with Crippen LogP contribution in [0.4, 0.5) is 15.8 Å². The minimum atomic E-state index is -0.505. The first-order valence-electron chi connectivity index (χ1n) is 7.01. The summed E-state index contributed by atoms with van der Waals surface area (Å²) in [6.07, 6.45) is 2.52. The molecule has 2 rings (SSSR count). The Morgan fingerprint density at radius 2 is 2.33 bits per heavy atom. The molecule has 1 atom stereocenters.